The fraction of sp³-hybridized carbons (Fsp3) is 0.500. The molecule has 2 atom stereocenters. The zero-order chi connectivity index (χ0) is 12.4. The van der Waals surface area contributed by atoms with Gasteiger partial charge in [0.2, 0.25) is 0 Å². The van der Waals surface area contributed by atoms with Gasteiger partial charge in [-0.1, -0.05) is 6.92 Å². The van der Waals surface area contributed by atoms with Crippen molar-refractivity contribution in [2.45, 2.75) is 19.4 Å². The van der Waals surface area contributed by atoms with Crippen LogP contribution in [0.25, 0.3) is 0 Å². The lowest BCUT2D eigenvalue weighted by molar-refractivity contribution is 0.244. The highest BCUT2D eigenvalue weighted by atomic mass is 16.3. The molecule has 5 heteroatoms. The van der Waals surface area contributed by atoms with Crippen LogP contribution in [-0.4, -0.2) is 29.3 Å². The molecule has 1 fully saturated rings. The Balaban J connectivity index is 2.38. The molecule has 0 amide bonds. The third-order valence-electron chi connectivity index (χ3n) is 3.43. The molecule has 17 heavy (non-hydrogen) atoms. The number of pyridine rings is 1. The number of aliphatic hydroxyl groups excluding tert-OH is 1. The molecular weight excluding hydrogens is 216 g/mol. The topological polar surface area (TPSA) is 86.2 Å². The van der Waals surface area contributed by atoms with Crippen molar-refractivity contribution in [3.8, 4) is 6.07 Å². The van der Waals surface area contributed by atoms with Crippen LogP contribution >= 0.6 is 0 Å². The van der Waals surface area contributed by atoms with Crippen LogP contribution in [0.5, 0.6) is 0 Å². The molecule has 0 spiro atoms. The average Bonchev–Trinajstić information content (AvgIpc) is 2.70. The van der Waals surface area contributed by atoms with Crippen molar-refractivity contribution in [1.29, 1.82) is 5.26 Å². The smallest absolute Gasteiger partial charge is 0.153 e. The highest BCUT2D eigenvalue weighted by Gasteiger charge is 2.32. The van der Waals surface area contributed by atoms with E-state index in [9.17, 15) is 5.11 Å². The third-order valence-corrected chi connectivity index (χ3v) is 3.43. The normalized spacial score (nSPS) is 23.7. The Hall–Kier alpha value is -1.80. The molecule has 1 aliphatic rings. The van der Waals surface area contributed by atoms with E-state index in [0.717, 1.165) is 13.0 Å². The van der Waals surface area contributed by atoms with Crippen LogP contribution in [0.2, 0.25) is 0 Å². The number of aliphatic hydroxyl groups is 1. The van der Waals surface area contributed by atoms with Gasteiger partial charge in [-0.2, -0.15) is 5.26 Å². The van der Waals surface area contributed by atoms with E-state index in [2.05, 4.69) is 11.9 Å². The van der Waals surface area contributed by atoms with Gasteiger partial charge < -0.3 is 15.7 Å². The lowest BCUT2D eigenvalue weighted by Gasteiger charge is -2.27. The van der Waals surface area contributed by atoms with Gasteiger partial charge in [0.1, 0.15) is 6.07 Å². The minimum Gasteiger partial charge on any atom is -0.395 e. The predicted octanol–water partition coefficient (Wildman–Crippen LogP) is 0.743. The molecule has 1 aromatic heterocycles. The molecule has 1 saturated heterocycles. The van der Waals surface area contributed by atoms with Crippen LogP contribution in [0, 0.1) is 17.2 Å². The minimum atomic E-state index is 0.0405. The lowest BCUT2D eigenvalue weighted by Crippen LogP contribution is -2.36. The minimum absolute atomic E-state index is 0.0405. The number of nitrogens with zero attached hydrogens (tertiary/aromatic N) is 3. The summed E-state index contributed by atoms with van der Waals surface area (Å²) in [7, 11) is 0. The van der Waals surface area contributed by atoms with Crippen LogP contribution < -0.4 is 10.6 Å². The summed E-state index contributed by atoms with van der Waals surface area (Å²) in [5, 5.41) is 18.3. The van der Waals surface area contributed by atoms with Crippen molar-refractivity contribution in [1.82, 2.24) is 4.98 Å². The maximum Gasteiger partial charge on any atom is 0.153 e. The molecule has 1 aromatic rings. The Morgan fingerprint density at radius 2 is 2.47 bits per heavy atom. The predicted molar refractivity (Wildman–Crippen MR) is 65.4 cm³/mol. The molecule has 3 N–H and O–H groups in total. The second-order valence-electron chi connectivity index (χ2n) is 4.42. The second-order valence-corrected chi connectivity index (χ2v) is 4.42. The van der Waals surface area contributed by atoms with Gasteiger partial charge in [0.05, 0.1) is 23.9 Å². The molecule has 0 bridgehead atoms. The van der Waals surface area contributed by atoms with E-state index in [-0.39, 0.29) is 12.6 Å². The molecule has 0 aromatic carbocycles. The molecule has 2 heterocycles. The number of nitriles is 1. The largest absolute Gasteiger partial charge is 0.395 e. The van der Waals surface area contributed by atoms with Gasteiger partial charge in [0.15, 0.2) is 5.82 Å². The Morgan fingerprint density at radius 3 is 3.12 bits per heavy atom. The van der Waals surface area contributed by atoms with Crippen molar-refractivity contribution in [2.75, 3.05) is 23.8 Å². The fourth-order valence-corrected chi connectivity index (χ4v) is 2.34. The number of anilines is 2. The van der Waals surface area contributed by atoms with E-state index in [1.54, 1.807) is 12.3 Å². The van der Waals surface area contributed by atoms with Crippen LogP contribution in [0.3, 0.4) is 0 Å². The van der Waals surface area contributed by atoms with Gasteiger partial charge in [0.25, 0.3) is 0 Å². The molecule has 5 nitrogen and oxygen atoms in total. The summed E-state index contributed by atoms with van der Waals surface area (Å²) in [4.78, 5) is 6.24. The van der Waals surface area contributed by atoms with Gasteiger partial charge in [0, 0.05) is 12.7 Å². The first-order valence-corrected chi connectivity index (χ1v) is 5.71. The van der Waals surface area contributed by atoms with E-state index in [4.69, 9.17) is 11.0 Å². The summed E-state index contributed by atoms with van der Waals surface area (Å²) < 4.78 is 0. The summed E-state index contributed by atoms with van der Waals surface area (Å²) >= 11 is 0. The van der Waals surface area contributed by atoms with Gasteiger partial charge >= 0.3 is 0 Å². The molecule has 0 saturated carbocycles. The van der Waals surface area contributed by atoms with Crippen LogP contribution in [0.15, 0.2) is 12.3 Å². The second kappa shape index (κ2) is 4.60. The Morgan fingerprint density at radius 1 is 1.71 bits per heavy atom. The zero-order valence-corrected chi connectivity index (χ0v) is 9.80. The maximum atomic E-state index is 9.41. The van der Waals surface area contributed by atoms with E-state index >= 15 is 0 Å². The van der Waals surface area contributed by atoms with Crippen molar-refractivity contribution in [2.24, 2.45) is 5.92 Å². The van der Waals surface area contributed by atoms with Crippen LogP contribution in [-0.2, 0) is 0 Å². The van der Waals surface area contributed by atoms with Crippen molar-refractivity contribution in [3.63, 3.8) is 0 Å². The number of nitrogens with two attached hydrogens (primary N) is 1. The van der Waals surface area contributed by atoms with Gasteiger partial charge in [-0.15, -0.1) is 0 Å². The first-order valence-electron chi connectivity index (χ1n) is 5.71. The van der Waals surface area contributed by atoms with E-state index < -0.39 is 0 Å². The average molecular weight is 232 g/mol. The van der Waals surface area contributed by atoms with E-state index in [1.165, 1.54) is 0 Å². The molecule has 1 aliphatic heterocycles. The highest BCUT2D eigenvalue weighted by molar-refractivity contribution is 5.70. The number of nitrogen functional groups attached to an aromatic ring is 1. The number of hydrogen-bond donors (Lipinski definition) is 2. The maximum absolute atomic E-state index is 9.41. The lowest BCUT2D eigenvalue weighted by atomic mass is 10.0. The van der Waals surface area contributed by atoms with Gasteiger partial charge in [-0.05, 0) is 18.4 Å². The number of hydrogen-bond acceptors (Lipinski definition) is 5. The first-order chi connectivity index (χ1) is 8.19. The van der Waals surface area contributed by atoms with Gasteiger partial charge in [-0.25, -0.2) is 4.98 Å². The third kappa shape index (κ3) is 1.92. The Bertz CT molecular complexity index is 454. The molecule has 0 aliphatic carbocycles. The summed E-state index contributed by atoms with van der Waals surface area (Å²) in [5.41, 5.74) is 6.77. The summed E-state index contributed by atoms with van der Waals surface area (Å²) in [6.07, 6.45) is 2.59. The number of aromatic nitrogens is 1. The molecule has 0 radical (unpaired) electrons. The quantitative estimate of drug-likeness (QED) is 0.785. The van der Waals surface area contributed by atoms with Crippen LogP contribution in [0.4, 0.5) is 11.5 Å². The van der Waals surface area contributed by atoms with Crippen molar-refractivity contribution in [3.05, 3.63) is 17.8 Å². The SMILES string of the molecule is CC1CCN(c2nccc(C#N)c2N)C1CO. The fourth-order valence-electron chi connectivity index (χ4n) is 2.34. The molecule has 2 rings (SSSR count). The number of rotatable bonds is 2. The van der Waals surface area contributed by atoms with Crippen LogP contribution in [0.1, 0.15) is 18.9 Å². The zero-order valence-electron chi connectivity index (χ0n) is 9.80. The molecule has 90 valence electrons. The van der Waals surface area contributed by atoms with E-state index in [1.807, 2.05) is 11.0 Å². The highest BCUT2D eigenvalue weighted by Crippen LogP contribution is 2.32. The van der Waals surface area contributed by atoms with E-state index in [0.29, 0.717) is 23.0 Å². The van der Waals surface area contributed by atoms with Crippen molar-refractivity contribution >= 4 is 11.5 Å². The summed E-state index contributed by atoms with van der Waals surface area (Å²) in [5.74, 6) is 1.03. The monoisotopic (exact) mass is 232 g/mol. The standard InChI is InChI=1S/C12H16N4O/c1-8-3-5-16(10(8)7-17)12-11(14)9(6-13)2-4-15-12/h2,4,8,10,17H,3,5,7,14H2,1H3. The summed E-state index contributed by atoms with van der Waals surface area (Å²) in [6, 6.07) is 3.69. The first kappa shape index (κ1) is 11.7. The Kier molecular flexibility index (Phi) is 3.16. The molecular formula is C12H16N4O. The van der Waals surface area contributed by atoms with Gasteiger partial charge in [-0.3, -0.25) is 0 Å². The van der Waals surface area contributed by atoms with Crippen molar-refractivity contribution < 1.29 is 5.11 Å². The summed E-state index contributed by atoms with van der Waals surface area (Å²) in [6.45, 7) is 3.00. The molecule has 2 unspecified atom stereocenters. The Labute approximate surface area is 100 Å².